The van der Waals surface area contributed by atoms with Gasteiger partial charge in [-0.25, -0.2) is 0 Å². The van der Waals surface area contributed by atoms with E-state index in [1.807, 2.05) is 13.8 Å². The first-order valence-electron chi connectivity index (χ1n) is 6.90. The number of amides is 1. The molecule has 3 unspecified atom stereocenters. The molecule has 0 aromatic heterocycles. The smallest absolute Gasteiger partial charge is 0.231 e. The first-order valence-corrected chi connectivity index (χ1v) is 6.90. The number of fused-ring (bicyclic) bond motifs is 1. The SMILES string of the molecule is Cc1cc2c(c(C(N)C3CCCO3)c1)NC(=O)C2C. The second-order valence-electron chi connectivity index (χ2n) is 5.61. The van der Waals surface area contributed by atoms with Crippen LogP contribution in [0.1, 0.15) is 48.4 Å². The van der Waals surface area contributed by atoms with Crippen LogP contribution in [0.4, 0.5) is 5.69 Å². The zero-order valence-corrected chi connectivity index (χ0v) is 11.4. The standard InChI is InChI=1S/C15H20N2O2/c1-8-6-10-9(2)15(18)17-14(10)11(7-8)13(16)12-4-3-5-19-12/h6-7,9,12-13H,3-5,16H2,1-2H3,(H,17,18). The van der Waals surface area contributed by atoms with Gasteiger partial charge < -0.3 is 15.8 Å². The van der Waals surface area contributed by atoms with Crippen molar-refractivity contribution in [3.63, 3.8) is 0 Å². The number of aryl methyl sites for hydroxylation is 1. The van der Waals surface area contributed by atoms with Crippen molar-refractivity contribution in [2.75, 3.05) is 11.9 Å². The third-order valence-electron chi connectivity index (χ3n) is 4.18. The van der Waals surface area contributed by atoms with E-state index < -0.39 is 0 Å². The van der Waals surface area contributed by atoms with Crippen molar-refractivity contribution in [2.45, 2.75) is 44.8 Å². The van der Waals surface area contributed by atoms with Crippen LogP contribution in [0.3, 0.4) is 0 Å². The van der Waals surface area contributed by atoms with E-state index in [-0.39, 0.29) is 24.0 Å². The van der Waals surface area contributed by atoms with E-state index >= 15 is 0 Å². The van der Waals surface area contributed by atoms with Crippen LogP contribution in [0.15, 0.2) is 12.1 Å². The number of carbonyl (C=O) groups is 1. The lowest BCUT2D eigenvalue weighted by molar-refractivity contribution is -0.116. The number of anilines is 1. The summed E-state index contributed by atoms with van der Waals surface area (Å²) >= 11 is 0. The molecule has 3 rings (SSSR count). The maximum atomic E-state index is 11.9. The zero-order valence-electron chi connectivity index (χ0n) is 11.4. The number of benzene rings is 1. The fourth-order valence-electron chi connectivity index (χ4n) is 3.05. The summed E-state index contributed by atoms with van der Waals surface area (Å²) < 4.78 is 5.68. The highest BCUT2D eigenvalue weighted by molar-refractivity contribution is 6.03. The highest BCUT2D eigenvalue weighted by Crippen LogP contribution is 2.40. The Balaban J connectivity index is 2.02. The van der Waals surface area contributed by atoms with Crippen LogP contribution in [0, 0.1) is 6.92 Å². The molecule has 4 heteroatoms. The molecule has 0 spiro atoms. The quantitative estimate of drug-likeness (QED) is 0.857. The molecule has 0 bridgehead atoms. The van der Waals surface area contributed by atoms with Gasteiger partial charge in [0.2, 0.25) is 5.91 Å². The van der Waals surface area contributed by atoms with Gasteiger partial charge >= 0.3 is 0 Å². The van der Waals surface area contributed by atoms with E-state index in [1.165, 1.54) is 0 Å². The molecule has 0 saturated carbocycles. The van der Waals surface area contributed by atoms with E-state index in [1.54, 1.807) is 0 Å². The van der Waals surface area contributed by atoms with Crippen LogP contribution >= 0.6 is 0 Å². The van der Waals surface area contributed by atoms with Crippen LogP contribution in [0.2, 0.25) is 0 Å². The predicted octanol–water partition coefficient (Wildman–Crippen LogP) is 2.23. The van der Waals surface area contributed by atoms with Gasteiger partial charge in [0.15, 0.2) is 0 Å². The van der Waals surface area contributed by atoms with Crippen LogP contribution < -0.4 is 11.1 Å². The van der Waals surface area contributed by atoms with Gasteiger partial charge in [-0.05, 0) is 37.8 Å². The van der Waals surface area contributed by atoms with E-state index in [4.69, 9.17) is 10.5 Å². The fourth-order valence-corrected chi connectivity index (χ4v) is 3.05. The van der Waals surface area contributed by atoms with Crippen molar-refractivity contribution in [3.8, 4) is 0 Å². The van der Waals surface area contributed by atoms with Crippen LogP contribution in [-0.2, 0) is 9.53 Å². The Bertz CT molecular complexity index is 521. The minimum Gasteiger partial charge on any atom is -0.376 e. The number of nitrogens with two attached hydrogens (primary N) is 1. The Morgan fingerprint density at radius 1 is 1.47 bits per heavy atom. The van der Waals surface area contributed by atoms with Gasteiger partial charge in [-0.1, -0.05) is 17.7 Å². The van der Waals surface area contributed by atoms with Gasteiger partial charge in [-0.15, -0.1) is 0 Å². The number of carbonyl (C=O) groups excluding carboxylic acids is 1. The van der Waals surface area contributed by atoms with Gasteiger partial charge in [0.1, 0.15) is 0 Å². The Hall–Kier alpha value is -1.39. The monoisotopic (exact) mass is 260 g/mol. The van der Waals surface area contributed by atoms with Crippen LogP contribution in [0.5, 0.6) is 0 Å². The Labute approximate surface area is 113 Å². The van der Waals surface area contributed by atoms with Crippen molar-refractivity contribution < 1.29 is 9.53 Å². The number of ether oxygens (including phenoxy) is 1. The predicted molar refractivity (Wildman–Crippen MR) is 74.1 cm³/mol. The molecule has 2 aliphatic rings. The summed E-state index contributed by atoms with van der Waals surface area (Å²) in [5.74, 6) is -0.0354. The molecule has 2 heterocycles. The summed E-state index contributed by atoms with van der Waals surface area (Å²) in [4.78, 5) is 11.9. The number of hydrogen-bond acceptors (Lipinski definition) is 3. The Morgan fingerprint density at radius 3 is 2.95 bits per heavy atom. The molecule has 3 atom stereocenters. The molecule has 0 radical (unpaired) electrons. The fraction of sp³-hybridized carbons (Fsp3) is 0.533. The van der Waals surface area contributed by atoms with E-state index in [0.29, 0.717) is 0 Å². The minimum absolute atomic E-state index is 0.0568. The molecule has 1 aromatic carbocycles. The minimum atomic E-state index is -0.165. The molecule has 19 heavy (non-hydrogen) atoms. The van der Waals surface area contributed by atoms with Crippen LogP contribution in [-0.4, -0.2) is 18.6 Å². The summed E-state index contributed by atoms with van der Waals surface area (Å²) in [6, 6.07) is 3.98. The molecule has 102 valence electrons. The van der Waals surface area contributed by atoms with Gasteiger partial charge in [-0.3, -0.25) is 4.79 Å². The van der Waals surface area contributed by atoms with Crippen molar-refractivity contribution in [3.05, 3.63) is 28.8 Å². The van der Waals surface area contributed by atoms with Crippen molar-refractivity contribution >= 4 is 11.6 Å². The number of rotatable bonds is 2. The Kier molecular flexibility index (Phi) is 3.07. The highest BCUT2D eigenvalue weighted by Gasteiger charge is 2.33. The molecular weight excluding hydrogens is 240 g/mol. The van der Waals surface area contributed by atoms with Crippen molar-refractivity contribution in [2.24, 2.45) is 5.73 Å². The lowest BCUT2D eigenvalue weighted by atomic mass is 9.92. The summed E-state index contributed by atoms with van der Waals surface area (Å²) in [5, 5.41) is 2.97. The third-order valence-corrected chi connectivity index (χ3v) is 4.18. The molecule has 0 aliphatic carbocycles. The summed E-state index contributed by atoms with van der Waals surface area (Å²) in [6.07, 6.45) is 2.13. The lowest BCUT2D eigenvalue weighted by Crippen LogP contribution is -2.26. The molecule has 2 aliphatic heterocycles. The summed E-state index contributed by atoms with van der Waals surface area (Å²) in [5.41, 5.74) is 10.5. The molecule has 1 saturated heterocycles. The average molecular weight is 260 g/mol. The highest BCUT2D eigenvalue weighted by atomic mass is 16.5. The maximum absolute atomic E-state index is 11.9. The van der Waals surface area contributed by atoms with E-state index in [2.05, 4.69) is 17.4 Å². The topological polar surface area (TPSA) is 64.3 Å². The van der Waals surface area contributed by atoms with Crippen molar-refractivity contribution in [1.82, 2.24) is 0 Å². The molecule has 1 amide bonds. The largest absolute Gasteiger partial charge is 0.376 e. The maximum Gasteiger partial charge on any atom is 0.231 e. The molecular formula is C15H20N2O2. The van der Waals surface area contributed by atoms with Gasteiger partial charge in [0, 0.05) is 12.3 Å². The number of hydrogen-bond donors (Lipinski definition) is 2. The third kappa shape index (κ3) is 2.05. The van der Waals surface area contributed by atoms with Crippen molar-refractivity contribution in [1.29, 1.82) is 0 Å². The molecule has 4 nitrogen and oxygen atoms in total. The number of nitrogens with one attached hydrogen (secondary N) is 1. The first kappa shape index (κ1) is 12.6. The van der Waals surface area contributed by atoms with Crippen LogP contribution in [0.25, 0.3) is 0 Å². The average Bonchev–Trinajstić information content (AvgIpc) is 3.00. The van der Waals surface area contributed by atoms with E-state index in [0.717, 1.165) is 41.8 Å². The molecule has 1 fully saturated rings. The zero-order chi connectivity index (χ0) is 13.6. The summed E-state index contributed by atoms with van der Waals surface area (Å²) in [6.45, 7) is 4.76. The second-order valence-corrected chi connectivity index (χ2v) is 5.61. The second kappa shape index (κ2) is 4.62. The Morgan fingerprint density at radius 2 is 2.26 bits per heavy atom. The van der Waals surface area contributed by atoms with Gasteiger partial charge in [0.25, 0.3) is 0 Å². The molecule has 3 N–H and O–H groups in total. The van der Waals surface area contributed by atoms with Gasteiger partial charge in [-0.2, -0.15) is 0 Å². The summed E-state index contributed by atoms with van der Waals surface area (Å²) in [7, 11) is 0. The lowest BCUT2D eigenvalue weighted by Gasteiger charge is -2.22. The van der Waals surface area contributed by atoms with E-state index in [9.17, 15) is 4.79 Å². The molecule has 1 aromatic rings. The normalized spacial score (nSPS) is 27.2. The first-order chi connectivity index (χ1) is 9.08. The van der Waals surface area contributed by atoms with Gasteiger partial charge in [0.05, 0.1) is 18.1 Å².